The standard InChI is InChI=1S/C18H21FN6O/c1-24-13(6-7-21-24)11-25-10-12(19)8-14(25)9-20-18-22-16-5-3-2-4-15(16)17(26)23-18/h2-7,12,14H,8-11H2,1H3,(H2,20,22,23,26)/t12-,14-/m0/s1. The van der Waals surface area contributed by atoms with Gasteiger partial charge in [-0.15, -0.1) is 0 Å². The summed E-state index contributed by atoms with van der Waals surface area (Å²) in [5.74, 6) is 0.413. The molecule has 1 aromatic carbocycles. The van der Waals surface area contributed by atoms with E-state index in [0.29, 0.717) is 42.9 Å². The molecular formula is C18H21FN6O. The first-order valence-corrected chi connectivity index (χ1v) is 8.68. The highest BCUT2D eigenvalue weighted by molar-refractivity contribution is 5.78. The minimum atomic E-state index is -0.848. The van der Waals surface area contributed by atoms with E-state index in [4.69, 9.17) is 0 Å². The summed E-state index contributed by atoms with van der Waals surface area (Å²) in [5.41, 5.74) is 1.50. The van der Waals surface area contributed by atoms with Crippen molar-refractivity contribution in [3.05, 3.63) is 52.6 Å². The maximum absolute atomic E-state index is 14.0. The topological polar surface area (TPSA) is 78.8 Å². The Morgan fingerprint density at radius 1 is 1.35 bits per heavy atom. The summed E-state index contributed by atoms with van der Waals surface area (Å²) in [6.45, 7) is 1.56. The van der Waals surface area contributed by atoms with Crippen molar-refractivity contribution < 1.29 is 4.39 Å². The highest BCUT2D eigenvalue weighted by Crippen LogP contribution is 2.23. The molecule has 1 saturated heterocycles. The Balaban J connectivity index is 1.47. The summed E-state index contributed by atoms with van der Waals surface area (Å²) < 4.78 is 15.8. The predicted octanol–water partition coefficient (Wildman–Crippen LogP) is 1.68. The molecule has 2 N–H and O–H groups in total. The SMILES string of the molecule is Cn1nccc1CN1C[C@@H](F)C[C@H]1CNc1nc2ccccc2c(=O)[nH]1. The largest absolute Gasteiger partial charge is 0.354 e. The summed E-state index contributed by atoms with van der Waals surface area (Å²) in [6.07, 6.45) is 1.36. The van der Waals surface area contributed by atoms with Crippen LogP contribution in [-0.4, -0.2) is 50.0 Å². The van der Waals surface area contributed by atoms with Crippen molar-refractivity contribution >= 4 is 16.9 Å². The summed E-state index contributed by atoms with van der Waals surface area (Å²) in [6, 6.07) is 9.17. The van der Waals surface area contributed by atoms with Gasteiger partial charge in [-0.3, -0.25) is 19.4 Å². The first-order chi connectivity index (χ1) is 12.6. The molecule has 2 atom stereocenters. The van der Waals surface area contributed by atoms with Gasteiger partial charge in [0.1, 0.15) is 6.17 Å². The third kappa shape index (κ3) is 3.32. The van der Waals surface area contributed by atoms with Gasteiger partial charge in [-0.2, -0.15) is 5.10 Å². The number of fused-ring (bicyclic) bond motifs is 1. The van der Waals surface area contributed by atoms with Crippen LogP contribution < -0.4 is 10.9 Å². The Bertz CT molecular complexity index is 967. The molecule has 7 nitrogen and oxygen atoms in total. The van der Waals surface area contributed by atoms with E-state index >= 15 is 0 Å². The molecule has 136 valence electrons. The highest BCUT2D eigenvalue weighted by Gasteiger charge is 2.32. The zero-order valence-corrected chi connectivity index (χ0v) is 14.5. The first-order valence-electron chi connectivity index (χ1n) is 8.68. The number of hydrogen-bond acceptors (Lipinski definition) is 5. The molecule has 0 spiro atoms. The quantitative estimate of drug-likeness (QED) is 0.727. The molecule has 4 rings (SSSR count). The molecule has 0 unspecified atom stereocenters. The lowest BCUT2D eigenvalue weighted by Crippen LogP contribution is -2.35. The van der Waals surface area contributed by atoms with Crippen molar-refractivity contribution in [3.8, 4) is 0 Å². The first kappa shape index (κ1) is 16.7. The number of H-pyrrole nitrogens is 1. The van der Waals surface area contributed by atoms with E-state index in [2.05, 4.69) is 25.3 Å². The smallest absolute Gasteiger partial charge is 0.260 e. The second-order valence-corrected chi connectivity index (χ2v) is 6.67. The number of anilines is 1. The average molecular weight is 356 g/mol. The van der Waals surface area contributed by atoms with Crippen LogP contribution in [0.15, 0.2) is 41.3 Å². The van der Waals surface area contributed by atoms with Gasteiger partial charge in [-0.25, -0.2) is 9.37 Å². The Morgan fingerprint density at radius 2 is 2.19 bits per heavy atom. The lowest BCUT2D eigenvalue weighted by molar-refractivity contribution is 0.235. The summed E-state index contributed by atoms with van der Waals surface area (Å²) >= 11 is 0. The van der Waals surface area contributed by atoms with Crippen molar-refractivity contribution in [2.75, 3.05) is 18.4 Å². The molecule has 3 heterocycles. The number of alkyl halides is 1. The van der Waals surface area contributed by atoms with Crippen molar-refractivity contribution in [2.24, 2.45) is 7.05 Å². The van der Waals surface area contributed by atoms with Crippen LogP contribution in [0.25, 0.3) is 10.9 Å². The molecule has 2 aromatic heterocycles. The Morgan fingerprint density at radius 3 is 3.00 bits per heavy atom. The van der Waals surface area contributed by atoms with Gasteiger partial charge in [0.05, 0.1) is 16.6 Å². The van der Waals surface area contributed by atoms with Crippen molar-refractivity contribution in [1.82, 2.24) is 24.6 Å². The fraction of sp³-hybridized carbons (Fsp3) is 0.389. The van der Waals surface area contributed by atoms with Gasteiger partial charge in [-0.05, 0) is 24.6 Å². The number of para-hydroxylation sites is 1. The van der Waals surface area contributed by atoms with Crippen LogP contribution in [0.4, 0.5) is 10.3 Å². The molecule has 1 aliphatic heterocycles. The molecule has 0 radical (unpaired) electrons. The summed E-state index contributed by atoms with van der Waals surface area (Å²) in [4.78, 5) is 21.4. The third-order valence-electron chi connectivity index (χ3n) is 4.88. The number of aromatic nitrogens is 4. The minimum Gasteiger partial charge on any atom is -0.354 e. The number of aromatic amines is 1. The summed E-state index contributed by atoms with van der Waals surface area (Å²) in [7, 11) is 1.88. The van der Waals surface area contributed by atoms with Crippen LogP contribution in [0.1, 0.15) is 12.1 Å². The van der Waals surface area contributed by atoms with E-state index in [0.717, 1.165) is 5.69 Å². The number of nitrogens with zero attached hydrogens (tertiary/aromatic N) is 4. The molecular weight excluding hydrogens is 335 g/mol. The summed E-state index contributed by atoms with van der Waals surface area (Å²) in [5, 5.41) is 7.89. The Labute approximate surface area is 149 Å². The van der Waals surface area contributed by atoms with Crippen LogP contribution in [0.3, 0.4) is 0 Å². The van der Waals surface area contributed by atoms with Gasteiger partial charge in [-0.1, -0.05) is 12.1 Å². The van der Waals surface area contributed by atoms with Crippen LogP contribution in [0.5, 0.6) is 0 Å². The van der Waals surface area contributed by atoms with Crippen LogP contribution in [0.2, 0.25) is 0 Å². The van der Waals surface area contributed by atoms with Gasteiger partial charge < -0.3 is 5.32 Å². The van der Waals surface area contributed by atoms with Gasteiger partial charge in [0, 0.05) is 38.9 Å². The maximum Gasteiger partial charge on any atom is 0.260 e. The molecule has 3 aromatic rings. The fourth-order valence-electron chi connectivity index (χ4n) is 3.48. The lowest BCUT2D eigenvalue weighted by Gasteiger charge is -2.24. The normalized spacial score (nSPS) is 20.7. The zero-order valence-electron chi connectivity index (χ0n) is 14.5. The molecule has 0 bridgehead atoms. The number of rotatable bonds is 5. The predicted molar refractivity (Wildman–Crippen MR) is 97.8 cm³/mol. The van der Waals surface area contributed by atoms with E-state index in [1.165, 1.54) is 0 Å². The zero-order chi connectivity index (χ0) is 18.1. The molecule has 8 heteroatoms. The number of aryl methyl sites for hydroxylation is 1. The number of nitrogens with one attached hydrogen (secondary N) is 2. The van der Waals surface area contributed by atoms with E-state index in [-0.39, 0.29) is 11.6 Å². The van der Waals surface area contributed by atoms with Crippen LogP contribution in [0, 0.1) is 0 Å². The molecule has 26 heavy (non-hydrogen) atoms. The van der Waals surface area contributed by atoms with E-state index in [1.807, 2.05) is 25.2 Å². The second kappa shape index (κ2) is 6.87. The number of halogens is 1. The Hall–Kier alpha value is -2.74. The molecule has 0 amide bonds. The fourth-order valence-corrected chi connectivity index (χ4v) is 3.48. The van der Waals surface area contributed by atoms with Crippen molar-refractivity contribution in [2.45, 2.75) is 25.2 Å². The van der Waals surface area contributed by atoms with Crippen LogP contribution in [-0.2, 0) is 13.6 Å². The van der Waals surface area contributed by atoms with Gasteiger partial charge >= 0.3 is 0 Å². The molecule has 0 saturated carbocycles. The van der Waals surface area contributed by atoms with Gasteiger partial charge in [0.25, 0.3) is 5.56 Å². The molecule has 0 aliphatic carbocycles. The molecule has 1 fully saturated rings. The maximum atomic E-state index is 14.0. The minimum absolute atomic E-state index is 0.0247. The highest BCUT2D eigenvalue weighted by atomic mass is 19.1. The lowest BCUT2D eigenvalue weighted by atomic mass is 10.2. The van der Waals surface area contributed by atoms with E-state index in [9.17, 15) is 9.18 Å². The van der Waals surface area contributed by atoms with Crippen molar-refractivity contribution in [3.63, 3.8) is 0 Å². The number of hydrogen-bond donors (Lipinski definition) is 2. The van der Waals surface area contributed by atoms with E-state index in [1.54, 1.807) is 23.0 Å². The van der Waals surface area contributed by atoms with Crippen molar-refractivity contribution in [1.29, 1.82) is 0 Å². The third-order valence-corrected chi connectivity index (χ3v) is 4.88. The van der Waals surface area contributed by atoms with Crippen LogP contribution >= 0.6 is 0 Å². The Kier molecular flexibility index (Phi) is 4.42. The van der Waals surface area contributed by atoms with Gasteiger partial charge in [0.15, 0.2) is 0 Å². The second-order valence-electron chi connectivity index (χ2n) is 6.67. The van der Waals surface area contributed by atoms with E-state index < -0.39 is 6.17 Å². The monoisotopic (exact) mass is 356 g/mol. The molecule has 1 aliphatic rings. The number of benzene rings is 1. The van der Waals surface area contributed by atoms with Gasteiger partial charge in [0.2, 0.25) is 5.95 Å². The average Bonchev–Trinajstić information content (AvgIpc) is 3.19. The number of likely N-dealkylation sites (tertiary alicyclic amines) is 1.